The van der Waals surface area contributed by atoms with E-state index in [2.05, 4.69) is 22.1 Å². The Balaban J connectivity index is 1.74. The summed E-state index contributed by atoms with van der Waals surface area (Å²) in [5.74, 6) is -1.41. The van der Waals surface area contributed by atoms with Gasteiger partial charge in [-0.3, -0.25) is 4.79 Å². The van der Waals surface area contributed by atoms with Crippen LogP contribution in [-0.2, 0) is 12.8 Å². The van der Waals surface area contributed by atoms with Crippen molar-refractivity contribution >= 4 is 11.9 Å². The van der Waals surface area contributed by atoms with Gasteiger partial charge in [-0.05, 0) is 24.0 Å². The van der Waals surface area contributed by atoms with Gasteiger partial charge in [0.1, 0.15) is 5.69 Å². The van der Waals surface area contributed by atoms with Crippen molar-refractivity contribution in [2.75, 3.05) is 7.05 Å². The van der Waals surface area contributed by atoms with E-state index in [0.29, 0.717) is 0 Å². The van der Waals surface area contributed by atoms with Crippen LogP contribution in [0.4, 0.5) is 0 Å². The Bertz CT molecular complexity index is 703. The minimum Gasteiger partial charge on any atom is -0.476 e. The zero-order valence-electron chi connectivity index (χ0n) is 12.1. The topological polar surface area (TPSA) is 83.4 Å². The highest BCUT2D eigenvalue weighted by molar-refractivity contribution is 5.93. The molecule has 0 unspecified atom stereocenters. The quantitative estimate of drug-likeness (QED) is 0.926. The van der Waals surface area contributed by atoms with Gasteiger partial charge in [0.25, 0.3) is 5.91 Å². The molecule has 0 atom stereocenters. The smallest absolute Gasteiger partial charge is 0.356 e. The highest BCUT2D eigenvalue weighted by Gasteiger charge is 2.28. The Morgan fingerprint density at radius 1 is 1.09 bits per heavy atom. The van der Waals surface area contributed by atoms with Gasteiger partial charge in [-0.1, -0.05) is 24.3 Å². The summed E-state index contributed by atoms with van der Waals surface area (Å²) in [6.07, 6.45) is 3.95. The van der Waals surface area contributed by atoms with E-state index in [1.54, 1.807) is 11.9 Å². The van der Waals surface area contributed by atoms with Gasteiger partial charge in [0, 0.05) is 13.1 Å². The Morgan fingerprint density at radius 2 is 1.64 bits per heavy atom. The second kappa shape index (κ2) is 5.55. The second-order valence-electron chi connectivity index (χ2n) is 5.34. The molecule has 1 amide bonds. The van der Waals surface area contributed by atoms with Gasteiger partial charge in [0.05, 0.1) is 12.4 Å². The Morgan fingerprint density at radius 3 is 2.14 bits per heavy atom. The molecule has 1 aliphatic carbocycles. The van der Waals surface area contributed by atoms with Crippen LogP contribution in [0, 0.1) is 0 Å². The maximum atomic E-state index is 12.4. The minimum absolute atomic E-state index is 0.0888. The van der Waals surface area contributed by atoms with Crippen molar-refractivity contribution in [3.8, 4) is 0 Å². The molecule has 0 saturated carbocycles. The minimum atomic E-state index is -1.16. The molecule has 2 aromatic rings. The Hall–Kier alpha value is -2.76. The molecular weight excluding hydrogens is 282 g/mol. The van der Waals surface area contributed by atoms with Gasteiger partial charge in [-0.2, -0.15) is 0 Å². The first kappa shape index (κ1) is 14.2. The standard InChI is InChI=1S/C16H15N3O3/c1-19(12-6-10-4-2-3-5-11(10)7-12)15(20)13-8-18-14(9-17-13)16(21)22/h2-5,8-9,12H,6-7H2,1H3,(H,21,22). The predicted molar refractivity (Wildman–Crippen MR) is 78.7 cm³/mol. The normalized spacial score (nSPS) is 13.7. The lowest BCUT2D eigenvalue weighted by molar-refractivity contribution is 0.0683. The maximum Gasteiger partial charge on any atom is 0.356 e. The lowest BCUT2D eigenvalue weighted by Gasteiger charge is -2.23. The predicted octanol–water partition coefficient (Wildman–Crippen LogP) is 1.41. The van der Waals surface area contributed by atoms with E-state index < -0.39 is 5.97 Å². The summed E-state index contributed by atoms with van der Waals surface area (Å²) in [6.45, 7) is 0. The third kappa shape index (κ3) is 2.55. The van der Waals surface area contributed by atoms with Crippen LogP contribution in [0.15, 0.2) is 36.7 Å². The van der Waals surface area contributed by atoms with Crippen LogP contribution in [-0.4, -0.2) is 44.9 Å². The van der Waals surface area contributed by atoms with Crippen molar-refractivity contribution in [2.24, 2.45) is 0 Å². The van der Waals surface area contributed by atoms with Gasteiger partial charge >= 0.3 is 5.97 Å². The molecule has 6 nitrogen and oxygen atoms in total. The molecule has 3 rings (SSSR count). The van der Waals surface area contributed by atoms with Gasteiger partial charge in [0.2, 0.25) is 0 Å². The molecule has 1 aromatic carbocycles. The third-order valence-corrected chi connectivity index (χ3v) is 3.99. The van der Waals surface area contributed by atoms with Crippen LogP contribution in [0.5, 0.6) is 0 Å². The molecule has 0 bridgehead atoms. The van der Waals surface area contributed by atoms with Crippen LogP contribution in [0.25, 0.3) is 0 Å². The number of carboxylic acids is 1. The highest BCUT2D eigenvalue weighted by Crippen LogP contribution is 2.25. The molecular formula is C16H15N3O3. The summed E-state index contributed by atoms with van der Waals surface area (Å²) in [4.78, 5) is 32.5. The zero-order chi connectivity index (χ0) is 15.7. The van der Waals surface area contributed by atoms with E-state index in [0.717, 1.165) is 19.0 Å². The highest BCUT2D eigenvalue weighted by atomic mass is 16.4. The number of fused-ring (bicyclic) bond motifs is 1. The Labute approximate surface area is 127 Å². The number of hydrogen-bond donors (Lipinski definition) is 1. The molecule has 0 radical (unpaired) electrons. The zero-order valence-corrected chi connectivity index (χ0v) is 12.1. The fourth-order valence-electron chi connectivity index (χ4n) is 2.70. The molecule has 1 N–H and O–H groups in total. The molecule has 22 heavy (non-hydrogen) atoms. The van der Waals surface area contributed by atoms with E-state index in [4.69, 9.17) is 5.11 Å². The largest absolute Gasteiger partial charge is 0.476 e. The summed E-state index contributed by atoms with van der Waals surface area (Å²) in [7, 11) is 1.74. The molecule has 6 heteroatoms. The number of carbonyl (C=O) groups excluding carboxylic acids is 1. The summed E-state index contributed by atoms with van der Waals surface area (Å²) in [5.41, 5.74) is 2.51. The number of benzene rings is 1. The summed E-state index contributed by atoms with van der Waals surface area (Å²) in [6, 6.07) is 8.24. The van der Waals surface area contributed by atoms with Crippen molar-refractivity contribution in [3.63, 3.8) is 0 Å². The first-order chi connectivity index (χ1) is 10.6. The van der Waals surface area contributed by atoms with Crippen LogP contribution in [0.1, 0.15) is 32.1 Å². The van der Waals surface area contributed by atoms with Gasteiger partial charge in [-0.15, -0.1) is 0 Å². The number of aromatic carboxylic acids is 1. The van der Waals surface area contributed by atoms with E-state index in [9.17, 15) is 9.59 Å². The van der Waals surface area contributed by atoms with Crippen LogP contribution in [0.3, 0.4) is 0 Å². The van der Waals surface area contributed by atoms with Crippen molar-refractivity contribution < 1.29 is 14.7 Å². The number of likely N-dealkylation sites (N-methyl/N-ethyl adjacent to an activating group) is 1. The second-order valence-corrected chi connectivity index (χ2v) is 5.34. The molecule has 0 aliphatic heterocycles. The van der Waals surface area contributed by atoms with Gasteiger partial charge < -0.3 is 10.0 Å². The summed E-state index contributed by atoms with van der Waals surface area (Å²) >= 11 is 0. The summed E-state index contributed by atoms with van der Waals surface area (Å²) < 4.78 is 0. The monoisotopic (exact) mass is 297 g/mol. The maximum absolute atomic E-state index is 12.4. The van der Waals surface area contributed by atoms with E-state index in [1.165, 1.54) is 17.3 Å². The van der Waals surface area contributed by atoms with Gasteiger partial charge in [-0.25, -0.2) is 14.8 Å². The van der Waals surface area contributed by atoms with Crippen LogP contribution >= 0.6 is 0 Å². The molecule has 0 spiro atoms. The van der Waals surface area contributed by atoms with Crippen molar-refractivity contribution in [1.29, 1.82) is 0 Å². The first-order valence-corrected chi connectivity index (χ1v) is 6.95. The van der Waals surface area contributed by atoms with Gasteiger partial charge in [0.15, 0.2) is 5.69 Å². The molecule has 0 saturated heterocycles. The summed E-state index contributed by atoms with van der Waals surface area (Å²) in [5, 5.41) is 8.80. The number of rotatable bonds is 3. The number of aromatic nitrogens is 2. The number of amides is 1. The third-order valence-electron chi connectivity index (χ3n) is 3.99. The van der Waals surface area contributed by atoms with Crippen LogP contribution in [0.2, 0.25) is 0 Å². The van der Waals surface area contributed by atoms with Crippen molar-refractivity contribution in [2.45, 2.75) is 18.9 Å². The Kier molecular flexibility index (Phi) is 3.58. The number of carboxylic acid groups (broad SMARTS) is 1. The van der Waals surface area contributed by atoms with E-state index >= 15 is 0 Å². The fraction of sp³-hybridized carbons (Fsp3) is 0.250. The molecule has 0 fully saturated rings. The fourth-order valence-corrected chi connectivity index (χ4v) is 2.70. The lowest BCUT2D eigenvalue weighted by Crippen LogP contribution is -2.38. The average molecular weight is 297 g/mol. The SMILES string of the molecule is CN(C(=O)c1cnc(C(=O)O)cn1)C1Cc2ccccc2C1. The number of hydrogen-bond acceptors (Lipinski definition) is 4. The molecule has 112 valence electrons. The van der Waals surface area contributed by atoms with Crippen LogP contribution < -0.4 is 0 Å². The molecule has 1 aliphatic rings. The van der Waals surface area contributed by atoms with E-state index in [1.807, 2.05) is 12.1 Å². The van der Waals surface area contributed by atoms with Crippen molar-refractivity contribution in [1.82, 2.24) is 14.9 Å². The average Bonchev–Trinajstić information content (AvgIpc) is 2.97. The van der Waals surface area contributed by atoms with E-state index in [-0.39, 0.29) is 23.3 Å². The number of nitrogens with zero attached hydrogens (tertiary/aromatic N) is 3. The molecule has 1 heterocycles. The molecule has 1 aromatic heterocycles. The lowest BCUT2D eigenvalue weighted by atomic mass is 10.1. The first-order valence-electron chi connectivity index (χ1n) is 6.95. The number of carbonyl (C=O) groups is 2. The van der Waals surface area contributed by atoms with Crippen molar-refractivity contribution in [3.05, 3.63) is 59.2 Å².